The Labute approximate surface area is 117 Å². The topological polar surface area (TPSA) is 57.6 Å². The van der Waals surface area contributed by atoms with E-state index in [0.717, 1.165) is 17.5 Å². The first-order chi connectivity index (χ1) is 9.70. The van der Waals surface area contributed by atoms with Crippen molar-refractivity contribution in [3.05, 3.63) is 35.4 Å². The third-order valence-corrected chi connectivity index (χ3v) is 3.72. The minimum Gasteiger partial charge on any atom is -0.395 e. The van der Waals surface area contributed by atoms with Crippen molar-refractivity contribution in [3.8, 4) is 11.8 Å². The van der Waals surface area contributed by atoms with Crippen LogP contribution in [0.1, 0.15) is 24.0 Å². The molecule has 2 amide bonds. The molecule has 1 saturated heterocycles. The molecule has 4 nitrogen and oxygen atoms in total. The lowest BCUT2D eigenvalue weighted by Gasteiger charge is -2.16. The first-order valence-corrected chi connectivity index (χ1v) is 6.74. The smallest absolute Gasteiger partial charge is 0.233 e. The monoisotopic (exact) mass is 269 g/mol. The highest BCUT2D eigenvalue weighted by Gasteiger charge is 2.58. The molecule has 2 fully saturated rings. The van der Waals surface area contributed by atoms with E-state index in [1.807, 2.05) is 24.3 Å². The van der Waals surface area contributed by atoms with E-state index >= 15 is 0 Å². The van der Waals surface area contributed by atoms with Gasteiger partial charge in [0.15, 0.2) is 0 Å². The Morgan fingerprint density at radius 3 is 2.40 bits per heavy atom. The number of benzene rings is 1. The molecule has 0 spiro atoms. The SMILES string of the molecule is O=C1C2CC2C(=O)N1Cc1ccc(C#CCCO)cc1. The summed E-state index contributed by atoms with van der Waals surface area (Å²) in [4.78, 5) is 25.1. The second-order valence-electron chi connectivity index (χ2n) is 5.18. The average molecular weight is 269 g/mol. The zero-order chi connectivity index (χ0) is 14.1. The van der Waals surface area contributed by atoms with E-state index < -0.39 is 0 Å². The number of hydrogen-bond donors (Lipinski definition) is 1. The van der Waals surface area contributed by atoms with Gasteiger partial charge in [-0.3, -0.25) is 14.5 Å². The van der Waals surface area contributed by atoms with Gasteiger partial charge in [0, 0.05) is 12.0 Å². The van der Waals surface area contributed by atoms with Crippen molar-refractivity contribution in [1.82, 2.24) is 4.90 Å². The standard InChI is InChI=1S/C16H15NO3/c18-8-2-1-3-11-4-6-12(7-5-11)10-17-15(19)13-9-14(13)16(17)20/h4-7,13-14,18H,2,8-10H2. The van der Waals surface area contributed by atoms with Gasteiger partial charge in [0.05, 0.1) is 25.0 Å². The number of aliphatic hydroxyl groups is 1. The molecule has 2 aliphatic rings. The van der Waals surface area contributed by atoms with Crippen molar-refractivity contribution in [3.63, 3.8) is 0 Å². The van der Waals surface area contributed by atoms with Crippen LogP contribution in [0.2, 0.25) is 0 Å². The Morgan fingerprint density at radius 1 is 1.15 bits per heavy atom. The number of hydrogen-bond acceptors (Lipinski definition) is 3. The van der Waals surface area contributed by atoms with E-state index in [0.29, 0.717) is 13.0 Å². The third-order valence-electron chi connectivity index (χ3n) is 3.72. The summed E-state index contributed by atoms with van der Waals surface area (Å²) < 4.78 is 0. The lowest BCUT2D eigenvalue weighted by Crippen LogP contribution is -2.32. The summed E-state index contributed by atoms with van der Waals surface area (Å²) in [5.41, 5.74) is 1.80. The van der Waals surface area contributed by atoms with Crippen LogP contribution in [0.5, 0.6) is 0 Å². The number of nitrogens with zero attached hydrogens (tertiary/aromatic N) is 1. The van der Waals surface area contributed by atoms with Gasteiger partial charge in [-0.1, -0.05) is 24.0 Å². The van der Waals surface area contributed by atoms with Crippen LogP contribution in [0.25, 0.3) is 0 Å². The summed E-state index contributed by atoms with van der Waals surface area (Å²) in [7, 11) is 0. The highest BCUT2D eigenvalue weighted by Crippen LogP contribution is 2.47. The van der Waals surface area contributed by atoms with E-state index in [9.17, 15) is 9.59 Å². The molecule has 1 aliphatic carbocycles. The molecule has 0 bridgehead atoms. The maximum absolute atomic E-state index is 11.9. The molecule has 2 unspecified atom stereocenters. The van der Waals surface area contributed by atoms with E-state index in [2.05, 4.69) is 11.8 Å². The van der Waals surface area contributed by atoms with Gasteiger partial charge in [0.2, 0.25) is 11.8 Å². The van der Waals surface area contributed by atoms with Crippen LogP contribution < -0.4 is 0 Å². The molecular formula is C16H15NO3. The van der Waals surface area contributed by atoms with Crippen molar-refractivity contribution in [2.24, 2.45) is 11.8 Å². The van der Waals surface area contributed by atoms with E-state index in [1.165, 1.54) is 4.90 Å². The second-order valence-corrected chi connectivity index (χ2v) is 5.18. The van der Waals surface area contributed by atoms with Gasteiger partial charge in [0.25, 0.3) is 0 Å². The number of fused-ring (bicyclic) bond motifs is 1. The predicted molar refractivity (Wildman–Crippen MR) is 72.2 cm³/mol. The number of carbonyl (C=O) groups excluding carboxylic acids is 2. The number of aliphatic hydroxyl groups excluding tert-OH is 1. The van der Waals surface area contributed by atoms with Crippen LogP contribution in [0.4, 0.5) is 0 Å². The van der Waals surface area contributed by atoms with Crippen molar-refractivity contribution in [2.75, 3.05) is 6.61 Å². The number of imide groups is 1. The third kappa shape index (κ3) is 2.33. The molecule has 0 radical (unpaired) electrons. The van der Waals surface area contributed by atoms with E-state index in [-0.39, 0.29) is 30.3 Å². The highest BCUT2D eigenvalue weighted by atomic mass is 16.2. The van der Waals surface area contributed by atoms with Gasteiger partial charge in [-0.2, -0.15) is 0 Å². The molecule has 1 heterocycles. The molecule has 4 heteroatoms. The van der Waals surface area contributed by atoms with Gasteiger partial charge < -0.3 is 5.11 Å². The van der Waals surface area contributed by atoms with Crippen molar-refractivity contribution in [1.29, 1.82) is 0 Å². The number of piperidine rings is 1. The van der Waals surface area contributed by atoms with Gasteiger partial charge in [-0.15, -0.1) is 0 Å². The molecule has 1 aromatic carbocycles. The van der Waals surface area contributed by atoms with Crippen LogP contribution in [0.15, 0.2) is 24.3 Å². The minimum absolute atomic E-state index is 0.0215. The quantitative estimate of drug-likeness (QED) is 0.656. The maximum Gasteiger partial charge on any atom is 0.233 e. The summed E-state index contributed by atoms with van der Waals surface area (Å²) in [5, 5.41) is 8.65. The maximum atomic E-state index is 11.9. The summed E-state index contributed by atoms with van der Waals surface area (Å²) in [6.45, 7) is 0.418. The molecule has 20 heavy (non-hydrogen) atoms. The van der Waals surface area contributed by atoms with Crippen molar-refractivity contribution in [2.45, 2.75) is 19.4 Å². The predicted octanol–water partition coefficient (Wildman–Crippen LogP) is 0.925. The summed E-state index contributed by atoms with van der Waals surface area (Å²) >= 11 is 0. The van der Waals surface area contributed by atoms with Gasteiger partial charge in [-0.25, -0.2) is 0 Å². The average Bonchev–Trinajstić information content (AvgIpc) is 3.21. The Morgan fingerprint density at radius 2 is 1.80 bits per heavy atom. The van der Waals surface area contributed by atoms with Crippen LogP contribution in [0, 0.1) is 23.7 Å². The normalized spacial score (nSPS) is 23.4. The molecule has 102 valence electrons. The van der Waals surface area contributed by atoms with Crippen molar-refractivity contribution < 1.29 is 14.7 Å². The fraction of sp³-hybridized carbons (Fsp3) is 0.375. The van der Waals surface area contributed by atoms with Gasteiger partial charge in [-0.05, 0) is 24.1 Å². The summed E-state index contributed by atoms with van der Waals surface area (Å²) in [6.07, 6.45) is 1.20. The number of likely N-dealkylation sites (tertiary alicyclic amines) is 1. The Balaban J connectivity index is 1.66. The largest absolute Gasteiger partial charge is 0.395 e. The van der Waals surface area contributed by atoms with Crippen LogP contribution in [-0.2, 0) is 16.1 Å². The summed E-state index contributed by atoms with van der Waals surface area (Å²) in [5.74, 6) is 5.68. The Kier molecular flexibility index (Phi) is 3.29. The zero-order valence-electron chi connectivity index (χ0n) is 11.0. The molecule has 0 aromatic heterocycles. The molecule has 1 saturated carbocycles. The van der Waals surface area contributed by atoms with Crippen LogP contribution in [-0.4, -0.2) is 28.4 Å². The lowest BCUT2D eigenvalue weighted by molar-refractivity contribution is -0.142. The van der Waals surface area contributed by atoms with E-state index in [1.54, 1.807) is 0 Å². The molecule has 1 aliphatic heterocycles. The molecule has 3 rings (SSSR count). The number of rotatable bonds is 3. The molecule has 1 N–H and O–H groups in total. The highest BCUT2D eigenvalue weighted by molar-refractivity contribution is 6.08. The molecule has 2 atom stereocenters. The van der Waals surface area contributed by atoms with Crippen LogP contribution in [0.3, 0.4) is 0 Å². The second kappa shape index (κ2) is 5.10. The van der Waals surface area contributed by atoms with Crippen LogP contribution >= 0.6 is 0 Å². The minimum atomic E-state index is -0.0360. The lowest BCUT2D eigenvalue weighted by atomic mass is 10.1. The first kappa shape index (κ1) is 12.9. The Bertz CT molecular complexity index is 589. The van der Waals surface area contributed by atoms with E-state index in [4.69, 9.17) is 5.11 Å². The van der Waals surface area contributed by atoms with Crippen molar-refractivity contribution >= 4 is 11.8 Å². The van der Waals surface area contributed by atoms with Gasteiger partial charge >= 0.3 is 0 Å². The van der Waals surface area contributed by atoms with Gasteiger partial charge in [0.1, 0.15) is 0 Å². The summed E-state index contributed by atoms with van der Waals surface area (Å²) in [6, 6.07) is 7.50. The molecule has 1 aromatic rings. The number of carbonyl (C=O) groups is 2. The number of amides is 2. The Hall–Kier alpha value is -2.12. The molecular weight excluding hydrogens is 254 g/mol. The zero-order valence-corrected chi connectivity index (χ0v) is 11.0. The fourth-order valence-corrected chi connectivity index (χ4v) is 2.50. The fourth-order valence-electron chi connectivity index (χ4n) is 2.50. The first-order valence-electron chi connectivity index (χ1n) is 6.74.